The molecule has 8 heteroatoms. The predicted octanol–water partition coefficient (Wildman–Crippen LogP) is 2.04. The van der Waals surface area contributed by atoms with Crippen molar-refractivity contribution in [1.82, 2.24) is 5.43 Å². The van der Waals surface area contributed by atoms with Crippen molar-refractivity contribution in [3.63, 3.8) is 0 Å². The third kappa shape index (κ3) is 3.36. The average Bonchev–Trinajstić information content (AvgIpc) is 2.59. The highest BCUT2D eigenvalue weighted by molar-refractivity contribution is 6.32. The number of halogens is 1. The van der Waals surface area contributed by atoms with Gasteiger partial charge in [0.1, 0.15) is 6.61 Å². The van der Waals surface area contributed by atoms with Gasteiger partial charge in [0.15, 0.2) is 23.0 Å². The number of amides is 1. The molecule has 1 aliphatic rings. The molecule has 0 saturated carbocycles. The van der Waals surface area contributed by atoms with Gasteiger partial charge in [-0.2, -0.15) is 5.10 Å². The molecular weight excluding hydrogens is 336 g/mol. The highest BCUT2D eigenvalue weighted by atomic mass is 35.5. The molecule has 1 heterocycles. The number of nitrogens with zero attached hydrogens (tertiary/aromatic N) is 1. The van der Waals surface area contributed by atoms with Crippen LogP contribution in [-0.4, -0.2) is 35.0 Å². The first-order chi connectivity index (χ1) is 11.5. The summed E-state index contributed by atoms with van der Waals surface area (Å²) in [4.78, 5) is 12.0. The first-order valence-corrected chi connectivity index (χ1v) is 7.35. The van der Waals surface area contributed by atoms with Gasteiger partial charge in [-0.15, -0.1) is 0 Å². The molecule has 7 nitrogen and oxygen atoms in total. The topological polar surface area (TPSA) is 100 Å². The van der Waals surface area contributed by atoms with Gasteiger partial charge in [-0.3, -0.25) is 4.79 Å². The van der Waals surface area contributed by atoms with Crippen LogP contribution in [0.2, 0.25) is 5.02 Å². The summed E-state index contributed by atoms with van der Waals surface area (Å²) in [5, 5.41) is 22.6. The van der Waals surface area contributed by atoms with Gasteiger partial charge < -0.3 is 19.7 Å². The zero-order valence-corrected chi connectivity index (χ0v) is 13.0. The molecule has 2 aromatic carbocycles. The van der Waals surface area contributed by atoms with Crippen molar-refractivity contribution in [1.29, 1.82) is 0 Å². The smallest absolute Gasteiger partial charge is 0.284 e. The number of aromatic hydroxyl groups is 2. The number of phenols is 2. The van der Waals surface area contributed by atoms with E-state index in [9.17, 15) is 15.0 Å². The lowest BCUT2D eigenvalue weighted by Crippen LogP contribution is -2.42. The van der Waals surface area contributed by atoms with Crippen LogP contribution in [0.4, 0.5) is 0 Å². The number of carbonyl (C=O) groups is 1. The van der Waals surface area contributed by atoms with Crippen LogP contribution in [-0.2, 0) is 4.79 Å². The van der Waals surface area contributed by atoms with Crippen molar-refractivity contribution in [2.24, 2.45) is 5.10 Å². The zero-order valence-electron chi connectivity index (χ0n) is 12.3. The van der Waals surface area contributed by atoms with E-state index in [1.165, 1.54) is 18.3 Å². The molecule has 0 aromatic heterocycles. The Morgan fingerprint density at radius 1 is 1.29 bits per heavy atom. The van der Waals surface area contributed by atoms with Crippen molar-refractivity contribution in [2.45, 2.75) is 6.10 Å². The summed E-state index contributed by atoms with van der Waals surface area (Å²) in [5.41, 5.74) is 2.73. The van der Waals surface area contributed by atoms with E-state index in [-0.39, 0.29) is 17.4 Å². The van der Waals surface area contributed by atoms with Gasteiger partial charge in [-0.05, 0) is 29.8 Å². The van der Waals surface area contributed by atoms with Crippen LogP contribution in [0.3, 0.4) is 0 Å². The molecule has 0 radical (unpaired) electrons. The Bertz CT molecular complexity index is 786. The SMILES string of the molecule is O=C(N/N=C/c1cc(O)c(O)c(Cl)c1)[C@H]1COc2ccccc2O1. The number of hydrazone groups is 1. The molecule has 0 saturated heterocycles. The fraction of sp³-hybridized carbons (Fsp3) is 0.125. The number of hydrogen-bond donors (Lipinski definition) is 3. The van der Waals surface area contributed by atoms with Gasteiger partial charge in [-0.1, -0.05) is 23.7 Å². The first kappa shape index (κ1) is 15.9. The number of para-hydroxylation sites is 2. The van der Waals surface area contributed by atoms with Crippen molar-refractivity contribution in [2.75, 3.05) is 6.61 Å². The van der Waals surface area contributed by atoms with Crippen molar-refractivity contribution >= 4 is 23.7 Å². The maximum Gasteiger partial charge on any atom is 0.284 e. The highest BCUT2D eigenvalue weighted by Crippen LogP contribution is 2.33. The number of ether oxygens (including phenoxy) is 2. The molecule has 124 valence electrons. The van der Waals surface area contributed by atoms with Gasteiger partial charge in [0, 0.05) is 0 Å². The van der Waals surface area contributed by atoms with Crippen molar-refractivity contribution in [3.05, 3.63) is 47.0 Å². The third-order valence-corrected chi connectivity index (χ3v) is 3.54. The lowest BCUT2D eigenvalue weighted by Gasteiger charge is -2.24. The number of hydrogen-bond acceptors (Lipinski definition) is 6. The van der Waals surface area contributed by atoms with Crippen molar-refractivity contribution in [3.8, 4) is 23.0 Å². The van der Waals surface area contributed by atoms with E-state index < -0.39 is 17.8 Å². The minimum Gasteiger partial charge on any atom is -0.504 e. The summed E-state index contributed by atoms with van der Waals surface area (Å²) in [6.45, 7) is 0.0736. The lowest BCUT2D eigenvalue weighted by molar-refractivity contribution is -0.130. The summed E-state index contributed by atoms with van der Waals surface area (Å²) < 4.78 is 11.0. The molecule has 3 rings (SSSR count). The molecule has 1 amide bonds. The van der Waals surface area contributed by atoms with E-state index in [1.54, 1.807) is 18.2 Å². The molecule has 0 aliphatic carbocycles. The molecule has 0 fully saturated rings. The van der Waals surface area contributed by atoms with Crippen LogP contribution in [0.25, 0.3) is 0 Å². The van der Waals surface area contributed by atoms with Crippen LogP contribution >= 0.6 is 11.6 Å². The summed E-state index contributed by atoms with van der Waals surface area (Å²) in [6.07, 6.45) is 0.453. The van der Waals surface area contributed by atoms with Crippen LogP contribution in [0, 0.1) is 0 Å². The molecule has 3 N–H and O–H groups in total. The Morgan fingerprint density at radius 3 is 2.79 bits per heavy atom. The summed E-state index contributed by atoms with van der Waals surface area (Å²) in [7, 11) is 0. The van der Waals surface area contributed by atoms with Crippen LogP contribution in [0.5, 0.6) is 23.0 Å². The molecule has 24 heavy (non-hydrogen) atoms. The molecule has 0 spiro atoms. The second kappa shape index (κ2) is 6.67. The molecule has 2 aromatic rings. The highest BCUT2D eigenvalue weighted by Gasteiger charge is 2.26. The maximum absolute atomic E-state index is 12.0. The number of benzene rings is 2. The molecule has 0 bridgehead atoms. The normalized spacial score (nSPS) is 16.1. The average molecular weight is 349 g/mol. The van der Waals surface area contributed by atoms with Gasteiger partial charge in [0.25, 0.3) is 5.91 Å². The fourth-order valence-electron chi connectivity index (χ4n) is 2.07. The number of phenolic OH excluding ortho intramolecular Hbond substituents is 2. The van der Waals surface area contributed by atoms with Crippen LogP contribution < -0.4 is 14.9 Å². The Labute approximate surface area is 142 Å². The Balaban J connectivity index is 1.62. The van der Waals surface area contributed by atoms with Gasteiger partial charge >= 0.3 is 0 Å². The van der Waals surface area contributed by atoms with Gasteiger partial charge in [0.2, 0.25) is 6.10 Å². The second-order valence-corrected chi connectivity index (χ2v) is 5.38. The molecule has 1 aliphatic heterocycles. The molecule has 1 atom stereocenters. The molecule has 0 unspecified atom stereocenters. The number of fused-ring (bicyclic) bond motifs is 1. The first-order valence-electron chi connectivity index (χ1n) is 6.97. The monoisotopic (exact) mass is 348 g/mol. The minimum absolute atomic E-state index is 0.0246. The van der Waals surface area contributed by atoms with E-state index >= 15 is 0 Å². The van der Waals surface area contributed by atoms with E-state index in [4.69, 9.17) is 21.1 Å². The van der Waals surface area contributed by atoms with Gasteiger partial charge in [0.05, 0.1) is 11.2 Å². The molecular formula is C16H13ClN2O5. The summed E-state index contributed by atoms with van der Waals surface area (Å²) >= 11 is 5.73. The van der Waals surface area contributed by atoms with E-state index in [1.807, 2.05) is 6.07 Å². The largest absolute Gasteiger partial charge is 0.504 e. The Morgan fingerprint density at radius 2 is 2.04 bits per heavy atom. The number of rotatable bonds is 3. The Hall–Kier alpha value is -2.93. The van der Waals surface area contributed by atoms with E-state index in [0.717, 1.165) is 0 Å². The minimum atomic E-state index is -0.825. The van der Waals surface area contributed by atoms with E-state index in [0.29, 0.717) is 17.1 Å². The second-order valence-electron chi connectivity index (χ2n) is 4.97. The quantitative estimate of drug-likeness (QED) is 0.448. The summed E-state index contributed by atoms with van der Waals surface area (Å²) in [6, 6.07) is 9.70. The zero-order chi connectivity index (χ0) is 17.1. The number of carbonyl (C=O) groups excluding carboxylic acids is 1. The maximum atomic E-state index is 12.0. The van der Waals surface area contributed by atoms with Crippen LogP contribution in [0.15, 0.2) is 41.5 Å². The Kier molecular flexibility index (Phi) is 4.43. The standard InChI is InChI=1S/C16H13ClN2O5/c17-10-5-9(6-11(20)15(10)21)7-18-19-16(22)14-8-23-12-3-1-2-4-13(12)24-14/h1-7,14,20-21H,8H2,(H,19,22)/b18-7+/t14-/m1/s1. The van der Waals surface area contributed by atoms with E-state index in [2.05, 4.69) is 10.5 Å². The predicted molar refractivity (Wildman–Crippen MR) is 86.9 cm³/mol. The van der Waals surface area contributed by atoms with Gasteiger partial charge in [-0.25, -0.2) is 5.43 Å². The lowest BCUT2D eigenvalue weighted by atomic mass is 10.2. The fourth-order valence-corrected chi connectivity index (χ4v) is 2.29. The number of nitrogens with one attached hydrogen (secondary N) is 1. The van der Waals surface area contributed by atoms with Crippen LogP contribution in [0.1, 0.15) is 5.56 Å². The summed E-state index contributed by atoms with van der Waals surface area (Å²) in [5.74, 6) is -0.197. The third-order valence-electron chi connectivity index (χ3n) is 3.26. The van der Waals surface area contributed by atoms with Crippen molar-refractivity contribution < 1.29 is 24.5 Å².